The fourth-order valence-corrected chi connectivity index (χ4v) is 3.31. The Morgan fingerprint density at radius 1 is 1.00 bits per heavy atom. The molecule has 0 heterocycles. The number of ether oxygens (including phenoxy) is 1. The van der Waals surface area contributed by atoms with Crippen LogP contribution in [-0.2, 0) is 28.5 Å². The number of amides is 2. The predicted octanol–water partition coefficient (Wildman–Crippen LogP) is 5.28. The third-order valence-corrected chi connectivity index (χ3v) is 5.11. The van der Waals surface area contributed by atoms with Crippen LogP contribution in [0.1, 0.15) is 34.6 Å². The Morgan fingerprint density at radius 2 is 1.56 bits per heavy atom. The van der Waals surface area contributed by atoms with Crippen molar-refractivity contribution in [3.63, 3.8) is 0 Å². The van der Waals surface area contributed by atoms with Crippen LogP contribution in [0, 0.1) is 5.82 Å². The Hall–Kier alpha value is -3.35. The zero-order chi connectivity index (χ0) is 27.1. The zero-order valence-electron chi connectivity index (χ0n) is 18.9. The van der Waals surface area contributed by atoms with Crippen molar-refractivity contribution in [1.82, 2.24) is 10.2 Å². The summed E-state index contributed by atoms with van der Waals surface area (Å²) in [6.07, 6.45) is -11.4. The molecular formula is C23H23F7N2O4. The third kappa shape index (κ3) is 9.02. The average Bonchev–Trinajstić information content (AvgIpc) is 2.77. The number of rotatable bonds is 10. The van der Waals surface area contributed by atoms with E-state index in [1.807, 2.05) is 5.32 Å². The van der Waals surface area contributed by atoms with E-state index in [4.69, 9.17) is 9.84 Å². The van der Waals surface area contributed by atoms with Crippen LogP contribution >= 0.6 is 0 Å². The van der Waals surface area contributed by atoms with Crippen LogP contribution in [0.25, 0.3) is 0 Å². The summed E-state index contributed by atoms with van der Waals surface area (Å²) in [6, 6.07) is 6.29. The van der Waals surface area contributed by atoms with Crippen molar-refractivity contribution in [3.05, 3.63) is 70.5 Å². The molecule has 0 saturated carbocycles. The zero-order valence-corrected chi connectivity index (χ0v) is 18.9. The lowest BCUT2D eigenvalue weighted by Gasteiger charge is -2.25. The molecule has 1 atom stereocenters. The first-order valence-electron chi connectivity index (χ1n) is 10.5. The predicted molar refractivity (Wildman–Crippen MR) is 114 cm³/mol. The second-order valence-electron chi connectivity index (χ2n) is 7.93. The summed E-state index contributed by atoms with van der Waals surface area (Å²) >= 11 is 0. The molecule has 0 aromatic heterocycles. The largest absolute Gasteiger partial charge is 0.465 e. The van der Waals surface area contributed by atoms with Gasteiger partial charge in [-0.25, -0.2) is 9.18 Å². The first kappa shape index (κ1) is 28.9. The van der Waals surface area contributed by atoms with Gasteiger partial charge in [-0.3, -0.25) is 4.79 Å². The summed E-state index contributed by atoms with van der Waals surface area (Å²) in [5, 5.41) is 10.6. The van der Waals surface area contributed by atoms with E-state index >= 15 is 0 Å². The Kier molecular flexibility index (Phi) is 9.68. The quantitative estimate of drug-likeness (QED) is 0.415. The van der Waals surface area contributed by atoms with E-state index < -0.39 is 53.8 Å². The van der Waals surface area contributed by atoms with Crippen molar-refractivity contribution in [3.8, 4) is 0 Å². The summed E-state index contributed by atoms with van der Waals surface area (Å²) in [5.74, 6) is -1.57. The SMILES string of the molecule is CN(CC(COCc1cc(C(F)(F)F)cc(C(F)(F)F)c1)c1ccc(F)cc1)C(=O)CCNC(=O)O. The van der Waals surface area contributed by atoms with E-state index in [1.54, 1.807) is 0 Å². The fourth-order valence-electron chi connectivity index (χ4n) is 3.31. The van der Waals surface area contributed by atoms with Gasteiger partial charge in [0.25, 0.3) is 0 Å². The number of nitrogens with zero attached hydrogens (tertiary/aromatic N) is 1. The monoisotopic (exact) mass is 524 g/mol. The van der Waals surface area contributed by atoms with Crippen LogP contribution in [0.2, 0.25) is 0 Å². The van der Waals surface area contributed by atoms with Gasteiger partial charge in [-0.05, 0) is 41.5 Å². The van der Waals surface area contributed by atoms with Crippen LogP contribution in [0.4, 0.5) is 35.5 Å². The van der Waals surface area contributed by atoms with E-state index in [-0.39, 0.29) is 37.7 Å². The average molecular weight is 524 g/mol. The minimum atomic E-state index is -4.99. The maximum absolute atomic E-state index is 13.4. The van der Waals surface area contributed by atoms with Gasteiger partial charge in [-0.15, -0.1) is 0 Å². The molecule has 0 radical (unpaired) electrons. The van der Waals surface area contributed by atoms with Gasteiger partial charge in [0, 0.05) is 32.5 Å². The molecule has 0 bridgehead atoms. The van der Waals surface area contributed by atoms with Gasteiger partial charge in [0.1, 0.15) is 5.82 Å². The molecule has 13 heteroatoms. The molecule has 6 nitrogen and oxygen atoms in total. The maximum Gasteiger partial charge on any atom is 0.416 e. The lowest BCUT2D eigenvalue weighted by Crippen LogP contribution is -2.35. The van der Waals surface area contributed by atoms with Gasteiger partial charge < -0.3 is 20.1 Å². The van der Waals surface area contributed by atoms with Crippen molar-refractivity contribution in [1.29, 1.82) is 0 Å². The van der Waals surface area contributed by atoms with Gasteiger partial charge in [-0.2, -0.15) is 26.3 Å². The number of nitrogens with one attached hydrogen (secondary N) is 1. The lowest BCUT2D eigenvalue weighted by atomic mass is 9.99. The minimum absolute atomic E-state index is 0.00787. The molecule has 2 aromatic rings. The van der Waals surface area contributed by atoms with Crippen LogP contribution in [-0.4, -0.2) is 48.8 Å². The summed E-state index contributed by atoms with van der Waals surface area (Å²) < 4.78 is 97.3. The first-order chi connectivity index (χ1) is 16.7. The first-order valence-corrected chi connectivity index (χ1v) is 10.5. The Labute approximate surface area is 201 Å². The summed E-state index contributed by atoms with van der Waals surface area (Å²) in [5.41, 5.74) is -2.77. The highest BCUT2D eigenvalue weighted by Gasteiger charge is 2.36. The standard InChI is InChI=1S/C23H23F7N2O4/c1-32(20(33)6-7-31-21(34)35)11-16(15-2-4-19(24)5-3-15)13-36-12-14-8-17(22(25,26)27)10-18(9-14)23(28,29)30/h2-5,8-10,16,31H,6-7,11-13H2,1H3,(H,34,35). The number of hydrogen-bond donors (Lipinski definition) is 2. The molecule has 0 aliphatic carbocycles. The van der Waals surface area contributed by atoms with Gasteiger partial charge in [0.2, 0.25) is 5.91 Å². The van der Waals surface area contributed by atoms with Crippen LogP contribution < -0.4 is 5.32 Å². The highest BCUT2D eigenvalue weighted by molar-refractivity contribution is 5.76. The Balaban J connectivity index is 2.15. The lowest BCUT2D eigenvalue weighted by molar-refractivity contribution is -0.143. The molecule has 0 aliphatic rings. The summed E-state index contributed by atoms with van der Waals surface area (Å²) in [4.78, 5) is 24.1. The molecule has 0 spiro atoms. The van der Waals surface area contributed by atoms with Crippen molar-refractivity contribution >= 4 is 12.0 Å². The Bertz CT molecular complexity index is 1010. The van der Waals surface area contributed by atoms with E-state index in [1.165, 1.54) is 24.1 Å². The van der Waals surface area contributed by atoms with Gasteiger partial charge >= 0.3 is 18.4 Å². The molecule has 36 heavy (non-hydrogen) atoms. The number of carbonyl (C=O) groups is 2. The second kappa shape index (κ2) is 12.1. The molecule has 2 amide bonds. The number of carboxylic acid groups (broad SMARTS) is 1. The molecule has 2 rings (SSSR count). The number of halogens is 7. The van der Waals surface area contributed by atoms with Crippen molar-refractivity contribution < 1.29 is 50.2 Å². The maximum atomic E-state index is 13.4. The molecule has 0 aliphatic heterocycles. The molecule has 0 fully saturated rings. The van der Waals surface area contributed by atoms with Crippen LogP contribution in [0.5, 0.6) is 0 Å². The second-order valence-corrected chi connectivity index (χ2v) is 7.93. The molecule has 1 unspecified atom stereocenters. The van der Waals surface area contributed by atoms with Gasteiger partial charge in [-0.1, -0.05) is 12.1 Å². The molecule has 198 valence electrons. The van der Waals surface area contributed by atoms with Gasteiger partial charge in [0.15, 0.2) is 0 Å². The molecule has 2 aromatic carbocycles. The minimum Gasteiger partial charge on any atom is -0.465 e. The smallest absolute Gasteiger partial charge is 0.416 e. The Morgan fingerprint density at radius 3 is 2.06 bits per heavy atom. The van der Waals surface area contributed by atoms with Crippen molar-refractivity contribution in [2.45, 2.75) is 31.3 Å². The summed E-state index contributed by atoms with van der Waals surface area (Å²) in [7, 11) is 1.43. The number of benzene rings is 2. The molecule has 2 N–H and O–H groups in total. The normalized spacial score (nSPS) is 12.8. The summed E-state index contributed by atoms with van der Waals surface area (Å²) in [6.45, 7) is -0.916. The molecule has 0 saturated heterocycles. The van der Waals surface area contributed by atoms with Crippen molar-refractivity contribution in [2.24, 2.45) is 0 Å². The van der Waals surface area contributed by atoms with E-state index in [0.29, 0.717) is 17.7 Å². The fraction of sp³-hybridized carbons (Fsp3) is 0.391. The number of hydrogen-bond acceptors (Lipinski definition) is 3. The van der Waals surface area contributed by atoms with Crippen molar-refractivity contribution in [2.75, 3.05) is 26.7 Å². The number of carbonyl (C=O) groups excluding carboxylic acids is 1. The highest BCUT2D eigenvalue weighted by Crippen LogP contribution is 2.36. The topological polar surface area (TPSA) is 78.9 Å². The number of likely N-dealkylation sites (N-methyl/N-ethyl adjacent to an activating group) is 1. The number of alkyl halides is 6. The third-order valence-electron chi connectivity index (χ3n) is 5.11. The van der Waals surface area contributed by atoms with E-state index in [2.05, 4.69) is 0 Å². The van der Waals surface area contributed by atoms with E-state index in [9.17, 15) is 40.3 Å². The van der Waals surface area contributed by atoms with Gasteiger partial charge in [0.05, 0.1) is 24.3 Å². The van der Waals surface area contributed by atoms with Crippen LogP contribution in [0.15, 0.2) is 42.5 Å². The highest BCUT2D eigenvalue weighted by atomic mass is 19.4. The van der Waals surface area contributed by atoms with E-state index in [0.717, 1.165) is 12.1 Å². The molecular weight excluding hydrogens is 501 g/mol. The van der Waals surface area contributed by atoms with Crippen LogP contribution in [0.3, 0.4) is 0 Å².